The van der Waals surface area contributed by atoms with Gasteiger partial charge in [-0.05, 0) is 36.5 Å². The molecule has 0 radical (unpaired) electrons. The molecule has 4 heteroatoms. The summed E-state index contributed by atoms with van der Waals surface area (Å²) in [7, 11) is 0. The summed E-state index contributed by atoms with van der Waals surface area (Å²) < 4.78 is 0. The van der Waals surface area contributed by atoms with Crippen molar-refractivity contribution in [2.45, 2.75) is 43.7 Å². The van der Waals surface area contributed by atoms with Gasteiger partial charge in [0.1, 0.15) is 0 Å². The molecule has 0 N–H and O–H groups in total. The highest BCUT2D eigenvalue weighted by Crippen LogP contribution is 2.54. The Labute approximate surface area is 171 Å². The minimum Gasteiger partial charge on any atom is -0.339 e. The normalized spacial score (nSPS) is 28.4. The van der Waals surface area contributed by atoms with E-state index in [0.717, 1.165) is 29.7 Å². The topological polar surface area (TPSA) is 40.6 Å². The van der Waals surface area contributed by atoms with Crippen LogP contribution in [-0.2, 0) is 21.5 Å². The number of benzene rings is 2. The molecule has 0 bridgehead atoms. The molecule has 0 unspecified atom stereocenters. The van der Waals surface area contributed by atoms with Crippen molar-refractivity contribution < 1.29 is 9.59 Å². The lowest BCUT2D eigenvalue weighted by Gasteiger charge is -2.51. The lowest BCUT2D eigenvalue weighted by molar-refractivity contribution is -0.145. The smallest absolute Gasteiger partial charge is 0.238 e. The van der Waals surface area contributed by atoms with Gasteiger partial charge in [0, 0.05) is 30.6 Å². The highest BCUT2D eigenvalue weighted by Gasteiger charge is 2.59. The van der Waals surface area contributed by atoms with E-state index in [2.05, 4.69) is 30.8 Å². The standard InChI is InChI=1S/C25H26N2O2/c1-2-19-21-13-8-14-23(28)26(21)16-15-25(19)20-11-6-7-12-22(20)27(24(25)29)17-18-9-4-3-5-10-18/h2-7,9-12,19,21H,1,8,13-17H2/t19-,21-,25+/m0/s1. The van der Waals surface area contributed by atoms with Gasteiger partial charge in [0.25, 0.3) is 0 Å². The molecule has 0 aliphatic carbocycles. The molecular formula is C25H26N2O2. The summed E-state index contributed by atoms with van der Waals surface area (Å²) in [5.74, 6) is 0.322. The maximum Gasteiger partial charge on any atom is 0.238 e. The third kappa shape index (κ3) is 2.58. The largest absolute Gasteiger partial charge is 0.339 e. The molecule has 2 fully saturated rings. The van der Waals surface area contributed by atoms with E-state index in [0.29, 0.717) is 25.9 Å². The van der Waals surface area contributed by atoms with Gasteiger partial charge >= 0.3 is 0 Å². The van der Waals surface area contributed by atoms with E-state index < -0.39 is 5.41 Å². The van der Waals surface area contributed by atoms with Crippen LogP contribution in [0.15, 0.2) is 67.3 Å². The average molecular weight is 386 g/mol. The second kappa shape index (κ2) is 6.87. The van der Waals surface area contributed by atoms with Gasteiger partial charge in [-0.15, -0.1) is 6.58 Å². The fraction of sp³-hybridized carbons (Fsp3) is 0.360. The lowest BCUT2D eigenvalue weighted by Crippen LogP contribution is -2.61. The molecule has 2 amide bonds. The lowest BCUT2D eigenvalue weighted by atomic mass is 9.62. The number of fused-ring (bicyclic) bond motifs is 3. The third-order valence-electron chi connectivity index (χ3n) is 7.08. The second-order valence-corrected chi connectivity index (χ2v) is 8.42. The highest BCUT2D eigenvalue weighted by atomic mass is 16.2. The first-order chi connectivity index (χ1) is 14.2. The van der Waals surface area contributed by atoms with Gasteiger partial charge in [0.2, 0.25) is 11.8 Å². The Morgan fingerprint density at radius 2 is 1.83 bits per heavy atom. The number of carbonyl (C=O) groups is 2. The molecule has 29 heavy (non-hydrogen) atoms. The van der Waals surface area contributed by atoms with Crippen molar-refractivity contribution in [3.8, 4) is 0 Å². The van der Waals surface area contributed by atoms with E-state index in [9.17, 15) is 9.59 Å². The van der Waals surface area contributed by atoms with Gasteiger partial charge in [-0.25, -0.2) is 0 Å². The van der Waals surface area contributed by atoms with Crippen LogP contribution in [0.4, 0.5) is 5.69 Å². The Balaban J connectivity index is 1.60. The molecule has 0 saturated carbocycles. The zero-order valence-electron chi connectivity index (χ0n) is 16.6. The summed E-state index contributed by atoms with van der Waals surface area (Å²) in [5.41, 5.74) is 2.60. The average Bonchev–Trinajstić information content (AvgIpc) is 2.98. The van der Waals surface area contributed by atoms with Crippen LogP contribution < -0.4 is 4.90 Å². The minimum absolute atomic E-state index is 0.0603. The number of piperidine rings is 2. The fourth-order valence-corrected chi connectivity index (χ4v) is 5.80. The first kappa shape index (κ1) is 18.2. The van der Waals surface area contributed by atoms with Gasteiger partial charge in [-0.1, -0.05) is 54.6 Å². The molecule has 2 saturated heterocycles. The van der Waals surface area contributed by atoms with Crippen molar-refractivity contribution >= 4 is 17.5 Å². The minimum atomic E-state index is -0.619. The molecule has 3 heterocycles. The second-order valence-electron chi connectivity index (χ2n) is 8.42. The van der Waals surface area contributed by atoms with Gasteiger partial charge in [-0.3, -0.25) is 9.59 Å². The van der Waals surface area contributed by atoms with Crippen LogP contribution >= 0.6 is 0 Å². The number of anilines is 1. The molecule has 148 valence electrons. The van der Waals surface area contributed by atoms with E-state index in [4.69, 9.17) is 0 Å². The van der Waals surface area contributed by atoms with E-state index in [-0.39, 0.29) is 23.8 Å². The predicted molar refractivity (Wildman–Crippen MR) is 113 cm³/mol. The predicted octanol–water partition coefficient (Wildman–Crippen LogP) is 4.06. The fourth-order valence-electron chi connectivity index (χ4n) is 5.80. The number of hydrogen-bond donors (Lipinski definition) is 0. The molecule has 1 spiro atoms. The Morgan fingerprint density at radius 1 is 1.07 bits per heavy atom. The van der Waals surface area contributed by atoms with Crippen LogP contribution in [-0.4, -0.2) is 29.3 Å². The number of hydrogen-bond acceptors (Lipinski definition) is 2. The molecule has 5 rings (SSSR count). The van der Waals surface area contributed by atoms with Gasteiger partial charge in [0.05, 0.1) is 12.0 Å². The molecule has 3 aliphatic heterocycles. The van der Waals surface area contributed by atoms with Crippen LogP contribution in [0.2, 0.25) is 0 Å². The summed E-state index contributed by atoms with van der Waals surface area (Å²) >= 11 is 0. The van der Waals surface area contributed by atoms with E-state index in [1.54, 1.807) is 0 Å². The van der Waals surface area contributed by atoms with Gasteiger partial charge < -0.3 is 9.80 Å². The molecule has 3 atom stereocenters. The SMILES string of the molecule is C=C[C@H]1[C@@H]2CCCC(=O)N2CC[C@@]12C(=O)N(Cc1ccccc1)c1ccccc12. The summed E-state index contributed by atoms with van der Waals surface area (Å²) in [6, 6.07) is 18.4. The molecule has 4 nitrogen and oxygen atoms in total. The number of rotatable bonds is 3. The van der Waals surface area contributed by atoms with E-state index >= 15 is 0 Å². The Kier molecular flexibility index (Phi) is 4.30. The quantitative estimate of drug-likeness (QED) is 0.747. The Bertz CT molecular complexity index is 970. The summed E-state index contributed by atoms with van der Waals surface area (Å²) in [6.45, 7) is 5.34. The van der Waals surface area contributed by atoms with Crippen LogP contribution in [0.3, 0.4) is 0 Å². The van der Waals surface area contributed by atoms with Crippen molar-refractivity contribution in [3.63, 3.8) is 0 Å². The zero-order chi connectivity index (χ0) is 20.0. The van der Waals surface area contributed by atoms with Crippen molar-refractivity contribution in [1.82, 2.24) is 4.90 Å². The summed E-state index contributed by atoms with van der Waals surface area (Å²) in [4.78, 5) is 30.5. The number of amides is 2. The first-order valence-corrected chi connectivity index (χ1v) is 10.5. The molecule has 2 aromatic carbocycles. The van der Waals surface area contributed by atoms with Crippen LogP contribution in [0.1, 0.15) is 36.8 Å². The van der Waals surface area contributed by atoms with Gasteiger partial charge in [0.15, 0.2) is 0 Å². The molecule has 0 aromatic heterocycles. The van der Waals surface area contributed by atoms with Crippen LogP contribution in [0, 0.1) is 5.92 Å². The number of para-hydroxylation sites is 1. The van der Waals surface area contributed by atoms with Crippen molar-refractivity contribution in [2.75, 3.05) is 11.4 Å². The number of nitrogens with zero attached hydrogens (tertiary/aromatic N) is 2. The van der Waals surface area contributed by atoms with Crippen LogP contribution in [0.25, 0.3) is 0 Å². The van der Waals surface area contributed by atoms with E-state index in [1.165, 1.54) is 0 Å². The summed E-state index contributed by atoms with van der Waals surface area (Å²) in [5, 5.41) is 0. The monoisotopic (exact) mass is 386 g/mol. The van der Waals surface area contributed by atoms with Crippen molar-refractivity contribution in [3.05, 3.63) is 78.4 Å². The zero-order valence-corrected chi connectivity index (χ0v) is 16.6. The Morgan fingerprint density at radius 3 is 2.62 bits per heavy atom. The van der Waals surface area contributed by atoms with Crippen LogP contribution in [0.5, 0.6) is 0 Å². The van der Waals surface area contributed by atoms with Crippen molar-refractivity contribution in [2.24, 2.45) is 5.92 Å². The molecular weight excluding hydrogens is 360 g/mol. The number of carbonyl (C=O) groups excluding carboxylic acids is 2. The Hall–Kier alpha value is -2.88. The molecule has 2 aromatic rings. The van der Waals surface area contributed by atoms with Gasteiger partial charge in [-0.2, -0.15) is 0 Å². The highest BCUT2D eigenvalue weighted by molar-refractivity contribution is 6.08. The summed E-state index contributed by atoms with van der Waals surface area (Å²) in [6.07, 6.45) is 5.06. The third-order valence-corrected chi connectivity index (χ3v) is 7.08. The van der Waals surface area contributed by atoms with Crippen molar-refractivity contribution in [1.29, 1.82) is 0 Å². The van der Waals surface area contributed by atoms with E-state index in [1.807, 2.05) is 46.2 Å². The molecule has 3 aliphatic rings. The maximum absolute atomic E-state index is 14.0. The maximum atomic E-state index is 14.0. The first-order valence-electron chi connectivity index (χ1n) is 10.5.